The summed E-state index contributed by atoms with van der Waals surface area (Å²) in [4.78, 5) is 12.6. The normalized spacial score (nSPS) is 10.7. The summed E-state index contributed by atoms with van der Waals surface area (Å²) in [7, 11) is 0. The van der Waals surface area contributed by atoms with Crippen LogP contribution in [0.1, 0.15) is 17.3 Å². The predicted octanol–water partition coefficient (Wildman–Crippen LogP) is 5.31. The number of ether oxygens (including phenoxy) is 1. The second-order valence-electron chi connectivity index (χ2n) is 4.41. The largest absolute Gasteiger partial charge is 0.490 e. The van der Waals surface area contributed by atoms with Gasteiger partial charge in [-0.25, -0.2) is 0 Å². The van der Waals surface area contributed by atoms with Crippen molar-refractivity contribution < 1.29 is 18.3 Å². The SMILES string of the molecule is CCOc1c(Cl)cccc1NC(=O)c1ccc(SC(F)F)cc1. The number of rotatable bonds is 6. The Balaban J connectivity index is 2.14. The minimum Gasteiger partial charge on any atom is -0.490 e. The summed E-state index contributed by atoms with van der Waals surface area (Å²) in [5.74, 6) is -2.47. The molecule has 0 unspecified atom stereocenters. The Hall–Kier alpha value is -1.79. The highest BCUT2D eigenvalue weighted by Gasteiger charge is 2.13. The first-order valence-corrected chi connectivity index (χ1v) is 8.04. The van der Waals surface area contributed by atoms with Crippen molar-refractivity contribution in [2.45, 2.75) is 17.6 Å². The molecule has 0 saturated carbocycles. The molecule has 0 aliphatic rings. The lowest BCUT2D eigenvalue weighted by Crippen LogP contribution is -2.13. The molecule has 0 aliphatic carbocycles. The van der Waals surface area contributed by atoms with Crippen molar-refractivity contribution in [3.05, 3.63) is 53.1 Å². The van der Waals surface area contributed by atoms with Gasteiger partial charge in [-0.1, -0.05) is 29.4 Å². The van der Waals surface area contributed by atoms with E-state index in [-0.39, 0.29) is 5.91 Å². The molecular weight excluding hydrogens is 344 g/mol. The highest BCUT2D eigenvalue weighted by atomic mass is 35.5. The van der Waals surface area contributed by atoms with Crippen LogP contribution in [0.15, 0.2) is 47.4 Å². The molecule has 1 N–H and O–H groups in total. The van der Waals surface area contributed by atoms with E-state index in [2.05, 4.69) is 5.32 Å². The fourth-order valence-electron chi connectivity index (χ4n) is 1.88. The van der Waals surface area contributed by atoms with Crippen LogP contribution in [0.3, 0.4) is 0 Å². The molecular formula is C16H14ClF2NO2S. The number of carbonyl (C=O) groups is 1. The van der Waals surface area contributed by atoms with E-state index in [9.17, 15) is 13.6 Å². The van der Waals surface area contributed by atoms with Gasteiger partial charge in [0.25, 0.3) is 11.7 Å². The first-order chi connectivity index (χ1) is 11.0. The quantitative estimate of drug-likeness (QED) is 0.712. The molecule has 0 bridgehead atoms. The molecule has 0 aromatic heterocycles. The maximum atomic E-state index is 12.3. The molecule has 23 heavy (non-hydrogen) atoms. The number of hydrogen-bond acceptors (Lipinski definition) is 3. The van der Waals surface area contributed by atoms with Crippen molar-refractivity contribution in [3.63, 3.8) is 0 Å². The van der Waals surface area contributed by atoms with Gasteiger partial charge in [0, 0.05) is 10.5 Å². The van der Waals surface area contributed by atoms with Crippen molar-refractivity contribution in [3.8, 4) is 5.75 Å². The molecule has 3 nitrogen and oxygen atoms in total. The Morgan fingerprint density at radius 3 is 2.57 bits per heavy atom. The molecule has 2 aromatic carbocycles. The lowest BCUT2D eigenvalue weighted by Gasteiger charge is -2.13. The lowest BCUT2D eigenvalue weighted by atomic mass is 10.2. The average molecular weight is 358 g/mol. The zero-order valence-corrected chi connectivity index (χ0v) is 13.8. The van der Waals surface area contributed by atoms with Crippen LogP contribution in [0.4, 0.5) is 14.5 Å². The number of halogens is 3. The maximum absolute atomic E-state index is 12.3. The highest BCUT2D eigenvalue weighted by Crippen LogP contribution is 2.33. The standard InChI is InChI=1S/C16H14ClF2NO2S/c1-2-22-14-12(17)4-3-5-13(14)20-15(21)10-6-8-11(9-7-10)23-16(18)19/h3-9,16H,2H2,1H3,(H,20,21). The Bertz CT molecular complexity index is 680. The third-order valence-electron chi connectivity index (χ3n) is 2.85. The number of alkyl halides is 2. The van der Waals surface area contributed by atoms with Crippen molar-refractivity contribution in [1.82, 2.24) is 0 Å². The summed E-state index contributed by atoms with van der Waals surface area (Å²) in [5, 5.41) is 3.11. The third kappa shape index (κ3) is 4.84. The van der Waals surface area contributed by atoms with E-state index in [1.54, 1.807) is 18.2 Å². The summed E-state index contributed by atoms with van der Waals surface area (Å²) in [6.07, 6.45) is 0. The zero-order chi connectivity index (χ0) is 16.8. The number of amides is 1. The number of para-hydroxylation sites is 1. The first-order valence-electron chi connectivity index (χ1n) is 6.78. The van der Waals surface area contributed by atoms with Crippen molar-refractivity contribution in [2.75, 3.05) is 11.9 Å². The topological polar surface area (TPSA) is 38.3 Å². The van der Waals surface area contributed by atoms with E-state index in [0.29, 0.717) is 45.3 Å². The van der Waals surface area contributed by atoms with Gasteiger partial charge in [-0.3, -0.25) is 4.79 Å². The van der Waals surface area contributed by atoms with Gasteiger partial charge in [0.2, 0.25) is 0 Å². The number of hydrogen-bond donors (Lipinski definition) is 1. The summed E-state index contributed by atoms with van der Waals surface area (Å²) >= 11 is 6.49. The summed E-state index contributed by atoms with van der Waals surface area (Å²) in [5.41, 5.74) is 0.807. The van der Waals surface area contributed by atoms with Gasteiger partial charge in [-0.15, -0.1) is 0 Å². The monoisotopic (exact) mass is 357 g/mol. The predicted molar refractivity (Wildman–Crippen MR) is 88.9 cm³/mol. The second-order valence-corrected chi connectivity index (χ2v) is 5.88. The van der Waals surface area contributed by atoms with Crippen LogP contribution < -0.4 is 10.1 Å². The van der Waals surface area contributed by atoms with Gasteiger partial charge in [0.05, 0.1) is 17.3 Å². The first kappa shape index (κ1) is 17.6. The third-order valence-corrected chi connectivity index (χ3v) is 3.87. The second kappa shape index (κ2) is 8.17. The van der Waals surface area contributed by atoms with Crippen LogP contribution in [-0.4, -0.2) is 18.3 Å². The molecule has 0 fully saturated rings. The molecule has 0 radical (unpaired) electrons. The Morgan fingerprint density at radius 1 is 1.26 bits per heavy atom. The number of carbonyl (C=O) groups excluding carboxylic acids is 1. The van der Waals surface area contributed by atoms with E-state index in [4.69, 9.17) is 16.3 Å². The van der Waals surface area contributed by atoms with Gasteiger partial charge in [0.1, 0.15) is 0 Å². The molecule has 2 rings (SSSR count). The van der Waals surface area contributed by atoms with E-state index in [1.807, 2.05) is 6.92 Å². The van der Waals surface area contributed by atoms with Crippen LogP contribution in [0, 0.1) is 0 Å². The van der Waals surface area contributed by atoms with Gasteiger partial charge < -0.3 is 10.1 Å². The van der Waals surface area contributed by atoms with Crippen LogP contribution in [0.5, 0.6) is 5.75 Å². The van der Waals surface area contributed by atoms with Crippen LogP contribution >= 0.6 is 23.4 Å². The van der Waals surface area contributed by atoms with Gasteiger partial charge in [0.15, 0.2) is 5.75 Å². The lowest BCUT2D eigenvalue weighted by molar-refractivity contribution is 0.102. The molecule has 2 aromatic rings. The van der Waals surface area contributed by atoms with Crippen molar-refractivity contribution in [1.29, 1.82) is 0 Å². The minimum absolute atomic E-state index is 0.353. The van der Waals surface area contributed by atoms with E-state index in [0.717, 1.165) is 0 Å². The van der Waals surface area contributed by atoms with Crippen molar-refractivity contribution >= 4 is 35.0 Å². The fourth-order valence-corrected chi connectivity index (χ4v) is 2.61. The smallest absolute Gasteiger partial charge is 0.288 e. The van der Waals surface area contributed by atoms with Crippen LogP contribution in [-0.2, 0) is 0 Å². The molecule has 122 valence electrons. The number of benzene rings is 2. The number of thioether (sulfide) groups is 1. The van der Waals surface area contributed by atoms with Crippen LogP contribution in [0.2, 0.25) is 5.02 Å². The summed E-state index contributed by atoms with van der Waals surface area (Å²) in [6, 6.07) is 11.0. The van der Waals surface area contributed by atoms with Crippen LogP contribution in [0.25, 0.3) is 0 Å². The van der Waals surface area contributed by atoms with E-state index in [1.165, 1.54) is 24.3 Å². The molecule has 0 spiro atoms. The highest BCUT2D eigenvalue weighted by molar-refractivity contribution is 7.99. The molecule has 7 heteroatoms. The molecule has 1 amide bonds. The Morgan fingerprint density at radius 2 is 1.96 bits per heavy atom. The molecule has 0 atom stereocenters. The Labute approximate surface area is 142 Å². The van der Waals surface area contributed by atoms with Gasteiger partial charge in [-0.2, -0.15) is 8.78 Å². The van der Waals surface area contributed by atoms with Crippen molar-refractivity contribution in [2.24, 2.45) is 0 Å². The van der Waals surface area contributed by atoms with Gasteiger partial charge >= 0.3 is 0 Å². The van der Waals surface area contributed by atoms with E-state index >= 15 is 0 Å². The number of anilines is 1. The van der Waals surface area contributed by atoms with Gasteiger partial charge in [-0.05, 0) is 43.3 Å². The maximum Gasteiger partial charge on any atom is 0.288 e. The minimum atomic E-state index is -2.49. The fraction of sp³-hybridized carbons (Fsp3) is 0.188. The van der Waals surface area contributed by atoms with E-state index < -0.39 is 5.76 Å². The average Bonchev–Trinajstić information content (AvgIpc) is 2.51. The number of nitrogens with one attached hydrogen (secondary N) is 1. The Kier molecular flexibility index (Phi) is 6.24. The summed E-state index contributed by atoms with van der Waals surface area (Å²) in [6.45, 7) is 2.22. The zero-order valence-electron chi connectivity index (χ0n) is 12.2. The molecule has 0 saturated heterocycles. The molecule has 0 aliphatic heterocycles. The molecule has 0 heterocycles. The summed E-state index contributed by atoms with van der Waals surface area (Å²) < 4.78 is 30.0.